The topological polar surface area (TPSA) is 694 Å². The van der Waals surface area contributed by atoms with Gasteiger partial charge in [-0.1, -0.05) is 0 Å². The number of rotatable bonds is 35. The van der Waals surface area contributed by atoms with E-state index in [1.807, 2.05) is 0 Å². The normalized spacial score (nSPS) is 17.6. The molecule has 0 aliphatic carbocycles. The number of nitrogens with one attached hydrogen (secondary N) is 2. The molecule has 0 spiro atoms. The van der Waals surface area contributed by atoms with Crippen molar-refractivity contribution in [1.29, 1.82) is 0 Å². The van der Waals surface area contributed by atoms with Gasteiger partial charge in [0.25, 0.3) is 11.8 Å². The van der Waals surface area contributed by atoms with Crippen LogP contribution in [-0.4, -0.2) is 217 Å². The maximum atomic E-state index is 13.1. The van der Waals surface area contributed by atoms with Crippen LogP contribution in [0.15, 0.2) is 0 Å². The summed E-state index contributed by atoms with van der Waals surface area (Å²) in [6.07, 6.45) is -30.6. The van der Waals surface area contributed by atoms with Crippen LogP contribution in [0, 0.1) is 0 Å². The number of carbonyl (C=O) groups excluding carboxylic acids is 2. The molecule has 0 saturated heterocycles. The first-order valence-corrected chi connectivity index (χ1v) is 29.4. The summed E-state index contributed by atoms with van der Waals surface area (Å²) >= 11 is 0. The first-order valence-electron chi connectivity index (χ1n) is 15.8. The molecule has 12 N–H and O–H groups in total. The second-order valence-corrected chi connectivity index (χ2v) is 22.2. The van der Waals surface area contributed by atoms with Gasteiger partial charge in [-0.2, -0.15) is 84.2 Å². The average molecular weight is 1250 g/mol. The molecule has 0 aromatic carbocycles. The molecule has 2 amide bonds. The molecule has 0 rings (SSSR count). The monoisotopic (exact) mass is 1240 g/mol. The molecule has 0 aromatic rings. The molecule has 0 aliphatic heterocycles. The predicted molar refractivity (Wildman–Crippen MR) is 202 cm³/mol. The molecule has 418 valence electrons. The van der Waals surface area contributed by atoms with Crippen LogP contribution >= 0.6 is 0 Å². The lowest BCUT2D eigenvalue weighted by molar-refractivity contribution is -0.140. The fourth-order valence-corrected chi connectivity index (χ4v) is 8.87. The Balaban J connectivity index is 7.14. The Hall–Kier alpha value is -2.36. The number of amides is 2. The summed E-state index contributed by atoms with van der Waals surface area (Å²) in [5.74, 6) is -4.56. The number of carbonyl (C=O) groups is 2. The molecule has 0 radical (unpaired) electrons. The van der Waals surface area contributed by atoms with Crippen molar-refractivity contribution in [2.75, 3.05) is 26.3 Å². The highest BCUT2D eigenvalue weighted by Crippen LogP contribution is 2.26. The third-order valence-electron chi connectivity index (χ3n) is 6.33. The van der Waals surface area contributed by atoms with Gasteiger partial charge in [-0.25, -0.2) is 41.8 Å². The summed E-state index contributed by atoms with van der Waals surface area (Å²) in [6.45, 7) is -6.67. The Bertz CT molecular complexity index is 2760. The van der Waals surface area contributed by atoms with Crippen LogP contribution in [0.25, 0.3) is 0 Å². The Kier molecular flexibility index (Phi) is 24.9. The van der Waals surface area contributed by atoms with E-state index in [4.69, 9.17) is 18.2 Å². The van der Waals surface area contributed by atoms with E-state index in [2.05, 4.69) is 41.8 Å². The van der Waals surface area contributed by atoms with Crippen molar-refractivity contribution in [3.05, 3.63) is 0 Å². The third-order valence-corrected chi connectivity index (χ3v) is 10.9. The molecule has 0 heterocycles. The second kappa shape index (κ2) is 25.7. The fraction of sp³-hybridized carbons (Fsp3) is 0.875. The second-order valence-electron chi connectivity index (χ2n) is 11.7. The lowest BCUT2D eigenvalue weighted by Gasteiger charge is -2.32. The highest BCUT2D eigenvalue weighted by molar-refractivity contribution is 7.83. The average Bonchev–Trinajstić information content (AvgIpc) is 3.06. The maximum absolute atomic E-state index is 13.1. The van der Waals surface area contributed by atoms with Gasteiger partial charge in [0.2, 0.25) is 0 Å². The van der Waals surface area contributed by atoms with Crippen LogP contribution in [0.1, 0.15) is 12.8 Å². The molecule has 70 heavy (non-hydrogen) atoms. The van der Waals surface area contributed by atoms with E-state index >= 15 is 0 Å². The van der Waals surface area contributed by atoms with Crippen LogP contribution in [0.3, 0.4) is 0 Å². The van der Waals surface area contributed by atoms with E-state index in [9.17, 15) is 121 Å². The smallest absolute Gasteiger partial charge is 0.354 e. The van der Waals surface area contributed by atoms with E-state index in [-0.39, 0.29) is 0 Å². The van der Waals surface area contributed by atoms with Gasteiger partial charge in [-0.05, 0) is 12.8 Å². The molecular weight excluding hydrogens is 1210 g/mol. The van der Waals surface area contributed by atoms with Crippen molar-refractivity contribution >= 4 is 116 Å². The van der Waals surface area contributed by atoms with Crippen LogP contribution < -0.4 is 10.6 Å². The standard InChI is InChI=1S/C16H32N2O42S10/c19-15(13(59-69(45,46)47)11(57-67(39,40)41)9(55-65(33,34)35)7(53-63(27,28)29)5-51-61(21,22)23)17-3-1-2-4-18-16(20)14(60-70(48,49)50)12(58-68(42,43)44)10(56-66(36,37)38)8(54-64(30,31)32)6-52-62(24,25)26/h7-14H,1-6H2,(H,17,19)(H,18,20)(H,21,22,23)(H,24,25,26)(H,27,28,29)(H,30,31,32)(H,33,34,35)(H,36,37,38)(H,39,40,41)(H,42,43,44)(H,45,46,47)(H,48,49,50)/t7-,8-,9-,10-,11+,12+,13+,14+/m0/s1. The Morgan fingerprint density at radius 1 is 0.314 bits per heavy atom. The Morgan fingerprint density at radius 2 is 0.529 bits per heavy atom. The van der Waals surface area contributed by atoms with Gasteiger partial charge in [0.1, 0.15) is 36.6 Å². The van der Waals surface area contributed by atoms with E-state index in [0.717, 1.165) is 0 Å². The van der Waals surface area contributed by atoms with Crippen LogP contribution in [0.4, 0.5) is 0 Å². The number of hydrogen-bond donors (Lipinski definition) is 12. The molecule has 0 unspecified atom stereocenters. The van der Waals surface area contributed by atoms with Gasteiger partial charge in [0.05, 0.1) is 13.2 Å². The molecule has 0 fully saturated rings. The van der Waals surface area contributed by atoms with Crippen LogP contribution in [0.5, 0.6) is 0 Å². The zero-order valence-corrected chi connectivity index (χ0v) is 40.6. The number of hydrogen-bond acceptors (Lipinski definition) is 32. The van der Waals surface area contributed by atoms with Gasteiger partial charge in [0, 0.05) is 13.1 Å². The van der Waals surface area contributed by atoms with Crippen molar-refractivity contribution in [3.63, 3.8) is 0 Å². The zero-order valence-electron chi connectivity index (χ0n) is 32.5. The van der Waals surface area contributed by atoms with Crippen LogP contribution in [-0.2, 0) is 155 Å². The largest absolute Gasteiger partial charge is 0.398 e. The molecule has 8 atom stereocenters. The molecule has 44 nitrogen and oxygen atoms in total. The molecule has 54 heteroatoms. The van der Waals surface area contributed by atoms with E-state index in [0.29, 0.717) is 0 Å². The summed E-state index contributed by atoms with van der Waals surface area (Å²) in [6, 6.07) is 0. The van der Waals surface area contributed by atoms with Crippen molar-refractivity contribution in [2.45, 2.75) is 61.7 Å². The van der Waals surface area contributed by atoms with Crippen molar-refractivity contribution in [1.82, 2.24) is 10.6 Å². The third kappa shape index (κ3) is 33.4. The highest BCUT2D eigenvalue weighted by atomic mass is 32.3. The predicted octanol–water partition coefficient (Wildman–Crippen LogP) is -8.86. The SMILES string of the molecule is O=C(NCCCCNC(=O)[C@H](OS(=O)(=O)O)[C@H](OS(=O)(=O)O)[C@@H](OS(=O)(=O)O)[C@H](COS(=O)(=O)O)OS(=O)(=O)O)[C@H](OS(=O)(=O)O)[C@H](OS(=O)(=O)O)[C@@H](OS(=O)(=O)O)[C@H](COS(=O)(=O)O)OS(=O)(=O)O. The summed E-state index contributed by atoms with van der Waals surface area (Å²) in [5.41, 5.74) is 0. The fourth-order valence-electron chi connectivity index (χ4n) is 4.38. The molecule has 0 bridgehead atoms. The quantitative estimate of drug-likeness (QED) is 0.0207. The summed E-state index contributed by atoms with van der Waals surface area (Å²) in [7, 11) is -61.9. The van der Waals surface area contributed by atoms with Crippen molar-refractivity contribution in [2.24, 2.45) is 0 Å². The first kappa shape index (κ1) is 67.6. The zero-order chi connectivity index (χ0) is 55.5. The highest BCUT2D eigenvalue weighted by Gasteiger charge is 2.51. The molecule has 0 saturated carbocycles. The minimum atomic E-state index is -6.35. The lowest BCUT2D eigenvalue weighted by Crippen LogP contribution is -2.57. The van der Waals surface area contributed by atoms with Gasteiger partial charge >= 0.3 is 104 Å². The summed E-state index contributed by atoms with van der Waals surface area (Å²) in [4.78, 5) is 26.3. The van der Waals surface area contributed by atoms with Gasteiger partial charge in [-0.15, -0.1) is 0 Å². The molecule has 0 aliphatic rings. The van der Waals surface area contributed by atoms with Gasteiger partial charge < -0.3 is 10.6 Å². The van der Waals surface area contributed by atoms with Crippen molar-refractivity contribution in [3.8, 4) is 0 Å². The first-order chi connectivity index (χ1) is 30.8. The minimum Gasteiger partial charge on any atom is -0.354 e. The maximum Gasteiger partial charge on any atom is 0.398 e. The number of unbranched alkanes of at least 4 members (excludes halogenated alkanes) is 1. The Labute approximate surface area is 393 Å². The van der Waals surface area contributed by atoms with E-state index in [1.54, 1.807) is 10.6 Å². The summed E-state index contributed by atoms with van der Waals surface area (Å²) < 4.78 is 361. The van der Waals surface area contributed by atoms with E-state index in [1.165, 1.54) is 0 Å². The van der Waals surface area contributed by atoms with Gasteiger partial charge in [0.15, 0.2) is 12.2 Å². The van der Waals surface area contributed by atoms with E-state index < -0.39 is 204 Å². The van der Waals surface area contributed by atoms with Crippen molar-refractivity contribution < 1.29 is 181 Å². The lowest BCUT2D eigenvalue weighted by atomic mass is 10.0. The van der Waals surface area contributed by atoms with Gasteiger partial charge in [-0.3, -0.25) is 55.1 Å². The summed E-state index contributed by atoms with van der Waals surface area (Å²) in [5, 5.41) is 3.11. The molecule has 0 aromatic heterocycles. The minimum absolute atomic E-state index is 0.767. The molecular formula is C16H32N2O42S10. The Morgan fingerprint density at radius 3 is 0.729 bits per heavy atom. The van der Waals surface area contributed by atoms with Crippen LogP contribution in [0.2, 0.25) is 0 Å².